The third-order valence-corrected chi connectivity index (χ3v) is 11.9. The van der Waals surface area contributed by atoms with Crippen molar-refractivity contribution < 1.29 is 38.6 Å². The molecule has 2 amide bonds. The molecule has 1 fully saturated rings. The molecular weight excluding hydrogens is 727 g/mol. The fourth-order valence-electron chi connectivity index (χ4n) is 8.27. The number of amides is 2. The Morgan fingerprint density at radius 3 is 2.26 bits per heavy atom. The molecule has 1 aromatic carbocycles. The van der Waals surface area contributed by atoms with Crippen LogP contribution >= 0.6 is 0 Å². The molecule has 0 bridgehead atoms. The second-order valence-electron chi connectivity index (χ2n) is 16.1. The molecule has 1 aromatic heterocycles. The zero-order valence-electron chi connectivity index (χ0n) is 35.6. The van der Waals surface area contributed by atoms with Gasteiger partial charge in [-0.1, -0.05) is 71.4 Å². The van der Waals surface area contributed by atoms with Crippen LogP contribution < -0.4 is 5.73 Å². The maximum atomic E-state index is 14.4. The lowest BCUT2D eigenvalue weighted by atomic mass is 9.85. The second kappa shape index (κ2) is 22.8. The number of rotatable bonds is 24. The van der Waals surface area contributed by atoms with Gasteiger partial charge in [0.15, 0.2) is 5.78 Å². The predicted molar refractivity (Wildman–Crippen MR) is 218 cm³/mol. The second-order valence-corrected chi connectivity index (χ2v) is 16.1. The van der Waals surface area contributed by atoms with Crippen LogP contribution in [0.4, 0.5) is 0 Å². The first-order chi connectivity index (χ1) is 27.1. The van der Waals surface area contributed by atoms with Gasteiger partial charge in [0, 0.05) is 65.1 Å². The van der Waals surface area contributed by atoms with Crippen LogP contribution in [0.2, 0.25) is 0 Å². The molecule has 3 rings (SSSR count). The maximum absolute atomic E-state index is 14.4. The van der Waals surface area contributed by atoms with E-state index in [4.69, 9.17) is 15.2 Å². The average molecular weight is 794 g/mol. The summed E-state index contributed by atoms with van der Waals surface area (Å²) in [6.45, 7) is 12.5. The number of nitrogens with two attached hydrogens (primary N) is 1. The van der Waals surface area contributed by atoms with Crippen LogP contribution in [0.3, 0.4) is 0 Å². The van der Waals surface area contributed by atoms with Crippen molar-refractivity contribution in [1.29, 1.82) is 0 Å². The van der Waals surface area contributed by atoms with E-state index in [0.717, 1.165) is 18.4 Å². The van der Waals surface area contributed by atoms with Gasteiger partial charge < -0.3 is 30.1 Å². The summed E-state index contributed by atoms with van der Waals surface area (Å²) in [6.07, 6.45) is 3.72. The first-order valence-corrected chi connectivity index (χ1v) is 20.6. The highest BCUT2D eigenvalue weighted by Gasteiger charge is 2.43. The van der Waals surface area contributed by atoms with E-state index in [1.165, 1.54) is 7.11 Å². The molecule has 0 saturated carbocycles. The number of carbonyl (C=O) groups is 5. The number of hydrogen-bond donors (Lipinski definition) is 2. The van der Waals surface area contributed by atoms with Crippen LogP contribution in [0, 0.1) is 36.5 Å². The molecule has 3 N–H and O–H groups in total. The summed E-state index contributed by atoms with van der Waals surface area (Å²) in [6, 6.07) is 8.45. The molecule has 13 heteroatoms. The number of benzene rings is 1. The van der Waals surface area contributed by atoms with Gasteiger partial charge in [-0.3, -0.25) is 24.0 Å². The number of carboxylic acid groups (broad SMARTS) is 1. The summed E-state index contributed by atoms with van der Waals surface area (Å²) in [5.41, 5.74) is 7.46. The van der Waals surface area contributed by atoms with Crippen LogP contribution in [-0.2, 0) is 41.5 Å². The molecule has 0 aliphatic carbocycles. The summed E-state index contributed by atoms with van der Waals surface area (Å²) >= 11 is 0. The Kier molecular flexibility index (Phi) is 18.9. The van der Waals surface area contributed by atoms with E-state index in [1.54, 1.807) is 44.0 Å². The highest BCUT2D eigenvalue weighted by molar-refractivity contribution is 5.96. The number of aromatic nitrogens is 2. The summed E-state index contributed by atoms with van der Waals surface area (Å²) in [4.78, 5) is 79.7. The lowest BCUT2D eigenvalue weighted by molar-refractivity contribution is -0.148. The molecule has 8 atom stereocenters. The largest absolute Gasteiger partial charge is 0.481 e. The molecule has 1 aliphatic rings. The zero-order chi connectivity index (χ0) is 42.4. The Morgan fingerprint density at radius 1 is 1.02 bits per heavy atom. The molecule has 2 aromatic rings. The fraction of sp³-hybridized carbons (Fsp3) is 0.659. The molecule has 0 spiro atoms. The van der Waals surface area contributed by atoms with Gasteiger partial charge in [0.05, 0.1) is 47.9 Å². The Labute approximate surface area is 339 Å². The number of likely N-dealkylation sites (N-methyl/N-ethyl adjacent to an activating group) is 1. The SMILES string of the molecule is CC[C@H](C)[C@@H]([C@@H](CC(=O)N1CCC[C@H]1[C@H](OC)[C@@H](C)C(=O)C[C@@H](Cc1ccccc1)C(=O)O)OC)N(C)C(=O)[C@@H](Cc1ncc(C(=O)CCCN)c(C)n1)C(C)C. The summed E-state index contributed by atoms with van der Waals surface area (Å²) in [5, 5.41) is 9.96. The topological polar surface area (TPSA) is 182 Å². The van der Waals surface area contributed by atoms with Crippen LogP contribution in [0.5, 0.6) is 0 Å². The number of nitrogens with zero attached hydrogens (tertiary/aromatic N) is 4. The third kappa shape index (κ3) is 12.7. The number of Topliss-reactive ketones (excluding diaryl/α,β-unsaturated/α-hetero) is 2. The third-order valence-electron chi connectivity index (χ3n) is 11.9. The minimum absolute atomic E-state index is 0.0152. The smallest absolute Gasteiger partial charge is 0.307 e. The van der Waals surface area contributed by atoms with E-state index in [2.05, 4.69) is 16.9 Å². The van der Waals surface area contributed by atoms with E-state index in [-0.39, 0.29) is 66.9 Å². The molecule has 57 heavy (non-hydrogen) atoms. The van der Waals surface area contributed by atoms with Crippen LogP contribution in [0.1, 0.15) is 107 Å². The maximum Gasteiger partial charge on any atom is 0.307 e. The Balaban J connectivity index is 1.78. The average Bonchev–Trinajstić information content (AvgIpc) is 3.68. The van der Waals surface area contributed by atoms with Gasteiger partial charge in [-0.15, -0.1) is 0 Å². The minimum Gasteiger partial charge on any atom is -0.481 e. The molecule has 316 valence electrons. The molecule has 13 nitrogen and oxygen atoms in total. The lowest BCUT2D eigenvalue weighted by Gasteiger charge is -2.40. The van der Waals surface area contributed by atoms with Crippen LogP contribution in [-0.4, -0.2) is 113 Å². The van der Waals surface area contributed by atoms with Crippen molar-refractivity contribution in [2.45, 2.75) is 124 Å². The summed E-state index contributed by atoms with van der Waals surface area (Å²) < 4.78 is 12.0. The first kappa shape index (κ1) is 47.3. The number of aliphatic carboxylic acids is 1. The number of likely N-dealkylation sites (tertiary alicyclic amines) is 1. The van der Waals surface area contributed by atoms with Crippen molar-refractivity contribution >= 4 is 29.4 Å². The minimum atomic E-state index is -1.03. The molecule has 0 radical (unpaired) electrons. The predicted octanol–water partition coefficient (Wildman–Crippen LogP) is 5.34. The van der Waals surface area contributed by atoms with Crippen molar-refractivity contribution in [2.24, 2.45) is 35.3 Å². The zero-order valence-corrected chi connectivity index (χ0v) is 35.6. The van der Waals surface area contributed by atoms with Crippen molar-refractivity contribution in [1.82, 2.24) is 19.8 Å². The van der Waals surface area contributed by atoms with E-state index in [9.17, 15) is 29.1 Å². The number of carboxylic acids is 1. The van der Waals surface area contributed by atoms with Crippen molar-refractivity contribution in [3.8, 4) is 0 Å². The van der Waals surface area contributed by atoms with E-state index >= 15 is 0 Å². The van der Waals surface area contributed by atoms with Gasteiger partial charge in [-0.25, -0.2) is 9.97 Å². The van der Waals surface area contributed by atoms with Gasteiger partial charge in [-0.05, 0) is 56.6 Å². The van der Waals surface area contributed by atoms with Gasteiger partial charge in [0.1, 0.15) is 11.6 Å². The first-order valence-electron chi connectivity index (χ1n) is 20.6. The van der Waals surface area contributed by atoms with Gasteiger partial charge in [0.2, 0.25) is 11.8 Å². The fourth-order valence-corrected chi connectivity index (χ4v) is 8.27. The Bertz CT molecular complexity index is 1640. The van der Waals surface area contributed by atoms with Crippen LogP contribution in [0.15, 0.2) is 36.5 Å². The van der Waals surface area contributed by atoms with Crippen molar-refractivity contribution in [3.05, 3.63) is 59.2 Å². The quantitative estimate of drug-likeness (QED) is 0.131. The molecular formula is C44H67N5O8. The van der Waals surface area contributed by atoms with Crippen molar-refractivity contribution in [3.63, 3.8) is 0 Å². The number of ketones is 2. The summed E-state index contributed by atoms with van der Waals surface area (Å²) in [7, 11) is 4.86. The van der Waals surface area contributed by atoms with E-state index < -0.39 is 42.0 Å². The molecule has 2 heterocycles. The monoisotopic (exact) mass is 793 g/mol. The number of aryl methyl sites for hydroxylation is 1. The van der Waals surface area contributed by atoms with Gasteiger partial charge in [0.25, 0.3) is 0 Å². The number of carbonyl (C=O) groups excluding carboxylic acids is 4. The van der Waals surface area contributed by atoms with Gasteiger partial charge in [-0.2, -0.15) is 0 Å². The highest BCUT2D eigenvalue weighted by Crippen LogP contribution is 2.31. The summed E-state index contributed by atoms with van der Waals surface area (Å²) in [5.74, 6) is -3.14. The molecule has 0 unspecified atom stereocenters. The lowest BCUT2D eigenvalue weighted by Crippen LogP contribution is -2.54. The van der Waals surface area contributed by atoms with E-state index in [0.29, 0.717) is 49.4 Å². The Morgan fingerprint density at radius 2 is 1.70 bits per heavy atom. The number of methoxy groups -OCH3 is 2. The normalized spacial score (nSPS) is 18.0. The number of hydrogen-bond acceptors (Lipinski definition) is 10. The highest BCUT2D eigenvalue weighted by atomic mass is 16.5. The molecule has 1 saturated heterocycles. The van der Waals surface area contributed by atoms with E-state index in [1.807, 2.05) is 51.1 Å². The van der Waals surface area contributed by atoms with Crippen molar-refractivity contribution in [2.75, 3.05) is 34.4 Å². The van der Waals surface area contributed by atoms with Crippen LogP contribution in [0.25, 0.3) is 0 Å². The Hall–Kier alpha value is -4.07. The molecule has 1 aliphatic heterocycles. The van der Waals surface area contributed by atoms with Gasteiger partial charge >= 0.3 is 5.97 Å². The number of ether oxygens (including phenoxy) is 2. The standard InChI is InChI=1S/C44H67N5O8/c1-10-28(4)41(48(7)43(53)33(27(2)3)24-39-46-26-34(30(6)47-39)36(50)19-14-20-45)38(56-8)25-40(52)49-21-15-18-35(49)42(57-9)29(5)37(51)23-32(44(54)55)22-31-16-12-11-13-17-31/h11-13,16-17,26-29,32-33,35,38,41-42H,10,14-15,18-25,45H2,1-9H3,(H,54,55)/t28-,29-,32+,33-,35-,38+,41-,42+/m0/s1.